The zero-order valence-corrected chi connectivity index (χ0v) is 9.81. The summed E-state index contributed by atoms with van der Waals surface area (Å²) in [5, 5.41) is 10.8. The average molecular weight is 259 g/mol. The number of nitro groups is 1. The second kappa shape index (κ2) is 5.49. The number of nitro benzene ring substituents is 1. The molecule has 1 atom stereocenters. The van der Waals surface area contributed by atoms with Crippen LogP contribution in [0.15, 0.2) is 18.2 Å². The van der Waals surface area contributed by atoms with Crippen LogP contribution in [0.25, 0.3) is 0 Å². The van der Waals surface area contributed by atoms with Crippen molar-refractivity contribution in [2.75, 3.05) is 0 Å². The number of halogens is 1. The van der Waals surface area contributed by atoms with Crippen molar-refractivity contribution in [2.24, 2.45) is 5.73 Å². The monoisotopic (exact) mass is 258 g/mol. The maximum Gasteiger partial charge on any atom is 0.312 e. The van der Waals surface area contributed by atoms with Gasteiger partial charge in [0.25, 0.3) is 5.91 Å². The van der Waals surface area contributed by atoms with Gasteiger partial charge in [0.15, 0.2) is 6.10 Å². The number of primary amides is 1. The number of carbonyl (C=O) groups excluding carboxylic acids is 1. The summed E-state index contributed by atoms with van der Waals surface area (Å²) in [5.74, 6) is -0.827. The number of para-hydroxylation sites is 1. The van der Waals surface area contributed by atoms with Crippen LogP contribution in [0.1, 0.15) is 13.3 Å². The van der Waals surface area contributed by atoms with Crippen LogP contribution in [0.3, 0.4) is 0 Å². The zero-order valence-electron chi connectivity index (χ0n) is 9.05. The third-order valence-electron chi connectivity index (χ3n) is 2.09. The molecule has 7 heteroatoms. The van der Waals surface area contributed by atoms with E-state index in [2.05, 4.69) is 0 Å². The Labute approximate surface area is 102 Å². The first-order valence-electron chi connectivity index (χ1n) is 4.86. The topological polar surface area (TPSA) is 95.5 Å². The summed E-state index contributed by atoms with van der Waals surface area (Å²) in [6, 6.07) is 4.12. The molecule has 0 saturated heterocycles. The Morgan fingerprint density at radius 1 is 1.65 bits per heavy atom. The van der Waals surface area contributed by atoms with Crippen molar-refractivity contribution in [3.05, 3.63) is 33.3 Å². The SMILES string of the molecule is CCC(Oc1c(Cl)cccc1[N+](=O)[O-])C(N)=O. The second-order valence-corrected chi connectivity index (χ2v) is 3.67. The van der Waals surface area contributed by atoms with Crippen LogP contribution >= 0.6 is 11.6 Å². The summed E-state index contributed by atoms with van der Waals surface area (Å²) < 4.78 is 5.20. The van der Waals surface area contributed by atoms with Crippen molar-refractivity contribution < 1.29 is 14.5 Å². The van der Waals surface area contributed by atoms with Gasteiger partial charge in [0.2, 0.25) is 5.75 Å². The van der Waals surface area contributed by atoms with Gasteiger partial charge in [0, 0.05) is 6.07 Å². The molecule has 0 bridgehead atoms. The van der Waals surface area contributed by atoms with Gasteiger partial charge in [-0.15, -0.1) is 0 Å². The third kappa shape index (κ3) is 3.07. The quantitative estimate of drug-likeness (QED) is 0.644. The minimum absolute atomic E-state index is 0.0684. The maximum absolute atomic E-state index is 11.0. The molecule has 0 heterocycles. The highest BCUT2D eigenvalue weighted by molar-refractivity contribution is 6.32. The van der Waals surface area contributed by atoms with E-state index in [0.29, 0.717) is 6.42 Å². The standard InChI is InChI=1S/C10H11ClN2O4/c1-2-8(10(12)14)17-9-6(11)4-3-5-7(9)13(15)16/h3-5,8H,2H2,1H3,(H2,12,14). The van der Waals surface area contributed by atoms with E-state index >= 15 is 0 Å². The number of nitrogens with two attached hydrogens (primary N) is 1. The van der Waals surface area contributed by atoms with Crippen LogP contribution in [0.5, 0.6) is 5.75 Å². The summed E-state index contributed by atoms with van der Waals surface area (Å²) in [4.78, 5) is 21.1. The molecule has 1 aromatic rings. The number of nitrogens with zero attached hydrogens (tertiary/aromatic N) is 1. The Kier molecular flexibility index (Phi) is 4.28. The maximum atomic E-state index is 11.0. The molecule has 0 saturated carbocycles. The molecule has 1 amide bonds. The van der Waals surface area contributed by atoms with Crippen molar-refractivity contribution >= 4 is 23.2 Å². The average Bonchev–Trinajstić information content (AvgIpc) is 2.26. The molecular weight excluding hydrogens is 248 g/mol. The molecule has 0 aliphatic carbocycles. The molecule has 6 nitrogen and oxygen atoms in total. The van der Waals surface area contributed by atoms with Crippen molar-refractivity contribution in [3.63, 3.8) is 0 Å². The Balaban J connectivity index is 3.12. The van der Waals surface area contributed by atoms with Gasteiger partial charge in [-0.05, 0) is 12.5 Å². The van der Waals surface area contributed by atoms with Gasteiger partial charge in [-0.25, -0.2) is 0 Å². The Morgan fingerprint density at radius 2 is 2.29 bits per heavy atom. The molecule has 0 spiro atoms. The predicted molar refractivity (Wildman–Crippen MR) is 62.0 cm³/mol. The molecule has 0 aromatic heterocycles. The Morgan fingerprint density at radius 3 is 2.76 bits per heavy atom. The van der Waals surface area contributed by atoms with E-state index < -0.39 is 16.9 Å². The molecular formula is C10H11ClN2O4. The lowest BCUT2D eigenvalue weighted by molar-refractivity contribution is -0.386. The van der Waals surface area contributed by atoms with E-state index in [1.54, 1.807) is 6.92 Å². The van der Waals surface area contributed by atoms with Crippen molar-refractivity contribution in [3.8, 4) is 5.75 Å². The first kappa shape index (κ1) is 13.2. The fourth-order valence-corrected chi connectivity index (χ4v) is 1.46. The number of amides is 1. The van der Waals surface area contributed by atoms with Crippen LogP contribution in [-0.2, 0) is 4.79 Å². The minimum Gasteiger partial charge on any atom is -0.472 e. The number of benzene rings is 1. The third-order valence-corrected chi connectivity index (χ3v) is 2.39. The molecule has 0 radical (unpaired) electrons. The lowest BCUT2D eigenvalue weighted by atomic mass is 10.2. The highest BCUT2D eigenvalue weighted by atomic mass is 35.5. The normalized spacial score (nSPS) is 11.9. The zero-order chi connectivity index (χ0) is 13.0. The van der Waals surface area contributed by atoms with E-state index in [9.17, 15) is 14.9 Å². The Hall–Kier alpha value is -1.82. The number of hydrogen-bond donors (Lipinski definition) is 1. The second-order valence-electron chi connectivity index (χ2n) is 3.26. The number of carbonyl (C=O) groups is 1. The molecule has 1 aromatic carbocycles. The summed E-state index contributed by atoms with van der Waals surface area (Å²) in [6.07, 6.45) is -0.633. The van der Waals surface area contributed by atoms with E-state index in [-0.39, 0.29) is 16.5 Å². The number of rotatable bonds is 5. The van der Waals surface area contributed by atoms with Gasteiger partial charge >= 0.3 is 5.69 Å². The summed E-state index contributed by atoms with van der Waals surface area (Å²) in [5.41, 5.74) is 4.80. The van der Waals surface area contributed by atoms with Gasteiger partial charge in [-0.3, -0.25) is 14.9 Å². The van der Waals surface area contributed by atoms with Crippen LogP contribution < -0.4 is 10.5 Å². The van der Waals surface area contributed by atoms with Gasteiger partial charge in [0.05, 0.1) is 9.95 Å². The lowest BCUT2D eigenvalue weighted by Crippen LogP contribution is -2.33. The van der Waals surface area contributed by atoms with Gasteiger partial charge < -0.3 is 10.5 Å². The molecule has 92 valence electrons. The number of ether oxygens (including phenoxy) is 1. The van der Waals surface area contributed by atoms with Gasteiger partial charge in [-0.1, -0.05) is 24.6 Å². The van der Waals surface area contributed by atoms with E-state index in [0.717, 1.165) is 0 Å². The van der Waals surface area contributed by atoms with Gasteiger partial charge in [0.1, 0.15) is 0 Å². The van der Waals surface area contributed by atoms with Crippen LogP contribution in [0.2, 0.25) is 5.02 Å². The molecule has 0 fully saturated rings. The highest BCUT2D eigenvalue weighted by Crippen LogP contribution is 2.35. The highest BCUT2D eigenvalue weighted by Gasteiger charge is 2.23. The first-order valence-corrected chi connectivity index (χ1v) is 5.24. The van der Waals surface area contributed by atoms with Crippen molar-refractivity contribution in [2.45, 2.75) is 19.4 Å². The summed E-state index contributed by atoms with van der Waals surface area (Å²) >= 11 is 5.80. The molecule has 0 aliphatic rings. The smallest absolute Gasteiger partial charge is 0.312 e. The lowest BCUT2D eigenvalue weighted by Gasteiger charge is -2.14. The summed E-state index contributed by atoms with van der Waals surface area (Å²) in [6.45, 7) is 1.68. The molecule has 2 N–H and O–H groups in total. The van der Waals surface area contributed by atoms with Crippen LogP contribution in [0.4, 0.5) is 5.69 Å². The number of hydrogen-bond acceptors (Lipinski definition) is 4. The van der Waals surface area contributed by atoms with Crippen molar-refractivity contribution in [1.29, 1.82) is 0 Å². The molecule has 1 rings (SSSR count). The van der Waals surface area contributed by atoms with E-state index in [1.165, 1.54) is 18.2 Å². The predicted octanol–water partition coefficient (Wildman–Crippen LogP) is 1.89. The Bertz CT molecular complexity index is 450. The van der Waals surface area contributed by atoms with E-state index in [4.69, 9.17) is 22.1 Å². The first-order chi connectivity index (χ1) is 7.97. The van der Waals surface area contributed by atoms with Gasteiger partial charge in [-0.2, -0.15) is 0 Å². The largest absolute Gasteiger partial charge is 0.472 e. The molecule has 17 heavy (non-hydrogen) atoms. The fourth-order valence-electron chi connectivity index (χ4n) is 1.24. The molecule has 1 unspecified atom stereocenters. The summed E-state index contributed by atoms with van der Waals surface area (Å²) in [7, 11) is 0. The minimum atomic E-state index is -0.936. The fraction of sp³-hybridized carbons (Fsp3) is 0.300. The van der Waals surface area contributed by atoms with Crippen molar-refractivity contribution in [1.82, 2.24) is 0 Å². The van der Waals surface area contributed by atoms with Crippen LogP contribution in [-0.4, -0.2) is 16.9 Å². The van der Waals surface area contributed by atoms with E-state index in [1.807, 2.05) is 0 Å². The van der Waals surface area contributed by atoms with Crippen LogP contribution in [0, 0.1) is 10.1 Å². The molecule has 0 aliphatic heterocycles.